The lowest BCUT2D eigenvalue weighted by Crippen LogP contribution is -2.06. The Morgan fingerprint density at radius 1 is 1.28 bits per heavy atom. The molecule has 0 unspecified atom stereocenters. The Hall–Kier alpha value is -1.32. The van der Waals surface area contributed by atoms with Crippen molar-refractivity contribution < 1.29 is 0 Å². The van der Waals surface area contributed by atoms with Crippen LogP contribution in [0.4, 0.5) is 5.82 Å². The zero-order valence-corrected chi connectivity index (χ0v) is 11.5. The lowest BCUT2D eigenvalue weighted by molar-refractivity contribution is 0.965. The zero-order valence-electron chi connectivity index (χ0n) is 9.95. The highest BCUT2D eigenvalue weighted by atomic mass is 35.5. The molecule has 0 aromatic carbocycles. The summed E-state index contributed by atoms with van der Waals surface area (Å²) in [4.78, 5) is 8.50. The van der Waals surface area contributed by atoms with Crippen molar-refractivity contribution in [3.05, 3.63) is 51.9 Å². The number of aryl methyl sites for hydroxylation is 1. The first kappa shape index (κ1) is 13.1. The molecule has 2 heterocycles. The second kappa shape index (κ2) is 6.03. The first-order valence-corrected chi connectivity index (χ1v) is 6.44. The second-order valence-corrected chi connectivity index (χ2v) is 4.64. The lowest BCUT2D eigenvalue weighted by atomic mass is 10.1. The molecule has 0 amide bonds. The fourth-order valence-electron chi connectivity index (χ4n) is 1.66. The molecule has 18 heavy (non-hydrogen) atoms. The van der Waals surface area contributed by atoms with Crippen molar-refractivity contribution in [1.29, 1.82) is 0 Å². The molecule has 0 spiro atoms. The van der Waals surface area contributed by atoms with Gasteiger partial charge in [0.05, 0.1) is 22.3 Å². The van der Waals surface area contributed by atoms with Crippen LogP contribution in [0.2, 0.25) is 10.0 Å². The Labute approximate surface area is 116 Å². The Balaban J connectivity index is 2.11. The fraction of sp³-hybridized carbons (Fsp3) is 0.231. The molecule has 0 radical (unpaired) electrons. The van der Waals surface area contributed by atoms with E-state index in [1.165, 1.54) is 5.56 Å². The van der Waals surface area contributed by atoms with Gasteiger partial charge in [-0.25, -0.2) is 4.98 Å². The third kappa shape index (κ3) is 3.12. The van der Waals surface area contributed by atoms with E-state index in [0.29, 0.717) is 22.4 Å². The van der Waals surface area contributed by atoms with Crippen molar-refractivity contribution in [3.63, 3.8) is 0 Å². The summed E-state index contributed by atoms with van der Waals surface area (Å²) in [6.07, 6.45) is 4.30. The van der Waals surface area contributed by atoms with Gasteiger partial charge in [0.15, 0.2) is 0 Å². The average molecular weight is 282 g/mol. The average Bonchev–Trinajstić information content (AvgIpc) is 2.38. The van der Waals surface area contributed by atoms with Crippen LogP contribution in [0.15, 0.2) is 30.6 Å². The Kier molecular flexibility index (Phi) is 4.39. The number of hydrogen-bond donors (Lipinski definition) is 1. The standard InChI is InChI=1S/C13H13Cl2N3/c1-2-9-4-3-5-16-12(9)8-18-13-11(15)6-10(14)7-17-13/h3-7H,2,8H2,1H3,(H,17,18). The predicted octanol–water partition coefficient (Wildman–Crippen LogP) is 3.96. The van der Waals surface area contributed by atoms with Gasteiger partial charge in [0.1, 0.15) is 5.82 Å². The molecule has 2 aromatic rings. The fourth-order valence-corrected chi connectivity index (χ4v) is 2.11. The van der Waals surface area contributed by atoms with Gasteiger partial charge in [-0.15, -0.1) is 0 Å². The molecular formula is C13H13Cl2N3. The second-order valence-electron chi connectivity index (χ2n) is 3.80. The van der Waals surface area contributed by atoms with E-state index < -0.39 is 0 Å². The number of nitrogens with zero attached hydrogens (tertiary/aromatic N) is 2. The molecule has 3 nitrogen and oxygen atoms in total. The summed E-state index contributed by atoms with van der Waals surface area (Å²) < 4.78 is 0. The summed E-state index contributed by atoms with van der Waals surface area (Å²) in [7, 11) is 0. The monoisotopic (exact) mass is 281 g/mol. The maximum absolute atomic E-state index is 6.04. The van der Waals surface area contributed by atoms with Gasteiger partial charge in [-0.2, -0.15) is 0 Å². The van der Waals surface area contributed by atoms with Gasteiger partial charge >= 0.3 is 0 Å². The van der Waals surface area contributed by atoms with Crippen LogP contribution >= 0.6 is 23.2 Å². The van der Waals surface area contributed by atoms with Crippen LogP contribution in [-0.2, 0) is 13.0 Å². The smallest absolute Gasteiger partial charge is 0.145 e. The summed E-state index contributed by atoms with van der Waals surface area (Å²) >= 11 is 11.8. The Morgan fingerprint density at radius 2 is 2.11 bits per heavy atom. The van der Waals surface area contributed by atoms with Gasteiger partial charge in [0.25, 0.3) is 0 Å². The van der Waals surface area contributed by atoms with Crippen LogP contribution < -0.4 is 5.32 Å². The minimum absolute atomic E-state index is 0.511. The molecule has 0 fully saturated rings. The van der Waals surface area contributed by atoms with E-state index in [1.54, 1.807) is 18.5 Å². The van der Waals surface area contributed by atoms with Crippen LogP contribution in [0.25, 0.3) is 0 Å². The molecule has 0 aliphatic heterocycles. The molecule has 0 atom stereocenters. The summed E-state index contributed by atoms with van der Waals surface area (Å²) in [6.45, 7) is 2.70. The van der Waals surface area contributed by atoms with E-state index in [1.807, 2.05) is 6.07 Å². The highest BCUT2D eigenvalue weighted by Gasteiger charge is 2.05. The van der Waals surface area contributed by atoms with Crippen LogP contribution in [0.1, 0.15) is 18.2 Å². The molecule has 0 aliphatic rings. The topological polar surface area (TPSA) is 37.8 Å². The minimum Gasteiger partial charge on any atom is -0.363 e. The molecule has 2 rings (SSSR count). The number of hydrogen-bond acceptors (Lipinski definition) is 3. The Bertz CT molecular complexity index is 544. The highest BCUT2D eigenvalue weighted by Crippen LogP contribution is 2.23. The molecule has 5 heteroatoms. The van der Waals surface area contributed by atoms with Gasteiger partial charge in [-0.3, -0.25) is 4.98 Å². The van der Waals surface area contributed by atoms with E-state index in [9.17, 15) is 0 Å². The quantitative estimate of drug-likeness (QED) is 0.922. The van der Waals surface area contributed by atoms with Gasteiger partial charge in [0.2, 0.25) is 0 Å². The first-order chi connectivity index (χ1) is 8.70. The minimum atomic E-state index is 0.511. The van der Waals surface area contributed by atoms with E-state index in [2.05, 4.69) is 28.3 Å². The molecule has 0 saturated heterocycles. The Morgan fingerprint density at radius 3 is 2.83 bits per heavy atom. The maximum Gasteiger partial charge on any atom is 0.145 e. The predicted molar refractivity (Wildman–Crippen MR) is 75.2 cm³/mol. The SMILES string of the molecule is CCc1cccnc1CNc1ncc(Cl)cc1Cl. The van der Waals surface area contributed by atoms with Gasteiger partial charge in [-0.05, 0) is 24.1 Å². The van der Waals surface area contributed by atoms with E-state index in [4.69, 9.17) is 23.2 Å². The van der Waals surface area contributed by atoms with Crippen LogP contribution in [0.5, 0.6) is 0 Å². The lowest BCUT2D eigenvalue weighted by Gasteiger charge is -2.09. The molecule has 0 saturated carbocycles. The van der Waals surface area contributed by atoms with Crippen molar-refractivity contribution in [2.45, 2.75) is 19.9 Å². The molecule has 2 aromatic heterocycles. The highest BCUT2D eigenvalue weighted by molar-refractivity contribution is 6.35. The van der Waals surface area contributed by atoms with Crippen molar-refractivity contribution in [2.75, 3.05) is 5.32 Å². The summed E-state index contributed by atoms with van der Waals surface area (Å²) in [6, 6.07) is 5.67. The number of pyridine rings is 2. The van der Waals surface area contributed by atoms with E-state index in [-0.39, 0.29) is 0 Å². The van der Waals surface area contributed by atoms with Crippen LogP contribution in [-0.4, -0.2) is 9.97 Å². The van der Waals surface area contributed by atoms with Gasteiger partial charge < -0.3 is 5.32 Å². The third-order valence-corrected chi connectivity index (χ3v) is 3.09. The number of anilines is 1. The van der Waals surface area contributed by atoms with Crippen molar-refractivity contribution >= 4 is 29.0 Å². The van der Waals surface area contributed by atoms with Crippen molar-refractivity contribution in [1.82, 2.24) is 9.97 Å². The zero-order chi connectivity index (χ0) is 13.0. The van der Waals surface area contributed by atoms with Crippen LogP contribution in [0, 0.1) is 0 Å². The van der Waals surface area contributed by atoms with Crippen LogP contribution in [0.3, 0.4) is 0 Å². The molecule has 0 aliphatic carbocycles. The van der Waals surface area contributed by atoms with E-state index in [0.717, 1.165) is 12.1 Å². The third-order valence-electron chi connectivity index (χ3n) is 2.60. The summed E-state index contributed by atoms with van der Waals surface area (Å²) in [5.41, 5.74) is 2.22. The number of aromatic nitrogens is 2. The summed E-state index contributed by atoms with van der Waals surface area (Å²) in [5, 5.41) is 4.20. The molecule has 94 valence electrons. The number of rotatable bonds is 4. The van der Waals surface area contributed by atoms with Crippen molar-refractivity contribution in [2.24, 2.45) is 0 Å². The number of nitrogens with one attached hydrogen (secondary N) is 1. The number of halogens is 2. The first-order valence-electron chi connectivity index (χ1n) is 5.68. The van der Waals surface area contributed by atoms with Gasteiger partial charge in [0, 0.05) is 12.4 Å². The van der Waals surface area contributed by atoms with Gasteiger partial charge in [-0.1, -0.05) is 36.2 Å². The maximum atomic E-state index is 6.04. The molecule has 0 bridgehead atoms. The van der Waals surface area contributed by atoms with Crippen molar-refractivity contribution in [3.8, 4) is 0 Å². The largest absolute Gasteiger partial charge is 0.363 e. The molecule has 1 N–H and O–H groups in total. The molecular weight excluding hydrogens is 269 g/mol. The normalized spacial score (nSPS) is 10.4. The van der Waals surface area contributed by atoms with E-state index >= 15 is 0 Å². The summed E-state index contributed by atoms with van der Waals surface area (Å²) in [5.74, 6) is 0.619.